The summed E-state index contributed by atoms with van der Waals surface area (Å²) >= 11 is 0. The van der Waals surface area contributed by atoms with Crippen molar-refractivity contribution in [2.75, 3.05) is 24.3 Å². The molecule has 5 heteroatoms. The van der Waals surface area contributed by atoms with E-state index in [1.807, 2.05) is 49.3 Å². The number of carbonyl (C=O) groups is 1. The minimum atomic E-state index is -1.05. The van der Waals surface area contributed by atoms with E-state index < -0.39 is 5.60 Å². The van der Waals surface area contributed by atoms with Crippen molar-refractivity contribution in [1.82, 2.24) is 0 Å². The third-order valence-corrected chi connectivity index (χ3v) is 3.54. The van der Waals surface area contributed by atoms with E-state index >= 15 is 0 Å². The Kier molecular flexibility index (Phi) is 5.10. The number of ether oxygens (including phenoxy) is 1. The SMILES string of the molecule is CN(C)c1ccc(NC(=O)C(C)(C)Oc2ccc(C#N)cc2)cc1. The first-order valence-corrected chi connectivity index (χ1v) is 7.60. The van der Waals surface area contributed by atoms with Crippen LogP contribution in [0.2, 0.25) is 0 Å². The zero-order chi connectivity index (χ0) is 17.7. The third-order valence-electron chi connectivity index (χ3n) is 3.54. The van der Waals surface area contributed by atoms with Crippen LogP contribution in [0.15, 0.2) is 48.5 Å². The summed E-state index contributed by atoms with van der Waals surface area (Å²) in [5, 5.41) is 11.7. The second-order valence-electron chi connectivity index (χ2n) is 6.14. The molecule has 0 aliphatic rings. The van der Waals surface area contributed by atoms with Crippen LogP contribution in [0, 0.1) is 11.3 Å². The van der Waals surface area contributed by atoms with E-state index in [2.05, 4.69) is 5.32 Å². The van der Waals surface area contributed by atoms with E-state index in [1.165, 1.54) is 0 Å². The van der Waals surface area contributed by atoms with Crippen LogP contribution in [-0.2, 0) is 4.79 Å². The summed E-state index contributed by atoms with van der Waals surface area (Å²) in [5.41, 5.74) is 1.27. The van der Waals surface area contributed by atoms with E-state index in [-0.39, 0.29) is 5.91 Å². The van der Waals surface area contributed by atoms with Crippen molar-refractivity contribution in [3.05, 3.63) is 54.1 Å². The van der Waals surface area contributed by atoms with Gasteiger partial charge in [0.15, 0.2) is 5.60 Å². The Balaban J connectivity index is 2.04. The molecular weight excluding hydrogens is 302 g/mol. The van der Waals surface area contributed by atoms with Gasteiger partial charge < -0.3 is 15.0 Å². The first kappa shape index (κ1) is 17.4. The van der Waals surface area contributed by atoms with Gasteiger partial charge in [-0.1, -0.05) is 0 Å². The molecule has 124 valence electrons. The minimum absolute atomic E-state index is 0.246. The van der Waals surface area contributed by atoms with Crippen LogP contribution in [-0.4, -0.2) is 25.6 Å². The summed E-state index contributed by atoms with van der Waals surface area (Å²) < 4.78 is 5.77. The molecule has 0 bridgehead atoms. The monoisotopic (exact) mass is 323 g/mol. The summed E-state index contributed by atoms with van der Waals surface area (Å²) in [7, 11) is 3.92. The van der Waals surface area contributed by atoms with E-state index in [1.54, 1.807) is 38.1 Å². The molecule has 24 heavy (non-hydrogen) atoms. The molecule has 0 aliphatic heterocycles. The maximum Gasteiger partial charge on any atom is 0.267 e. The molecule has 2 aromatic rings. The first-order valence-electron chi connectivity index (χ1n) is 7.60. The van der Waals surface area contributed by atoms with Crippen LogP contribution in [0.3, 0.4) is 0 Å². The lowest BCUT2D eigenvalue weighted by atomic mass is 10.1. The summed E-state index contributed by atoms with van der Waals surface area (Å²) in [6, 6.07) is 16.3. The molecule has 2 aromatic carbocycles. The van der Waals surface area contributed by atoms with Crippen LogP contribution in [0.4, 0.5) is 11.4 Å². The lowest BCUT2D eigenvalue weighted by Gasteiger charge is -2.25. The molecule has 0 radical (unpaired) electrons. The van der Waals surface area contributed by atoms with Gasteiger partial charge in [0.2, 0.25) is 0 Å². The summed E-state index contributed by atoms with van der Waals surface area (Å²) in [6.45, 7) is 3.41. The van der Waals surface area contributed by atoms with Gasteiger partial charge in [-0.2, -0.15) is 5.26 Å². The highest BCUT2D eigenvalue weighted by Crippen LogP contribution is 2.21. The van der Waals surface area contributed by atoms with Gasteiger partial charge in [0.25, 0.3) is 5.91 Å². The highest BCUT2D eigenvalue weighted by molar-refractivity contribution is 5.97. The van der Waals surface area contributed by atoms with Crippen LogP contribution >= 0.6 is 0 Å². The normalized spacial score (nSPS) is 10.6. The van der Waals surface area contributed by atoms with E-state index in [0.717, 1.165) is 5.69 Å². The van der Waals surface area contributed by atoms with Crippen molar-refractivity contribution in [2.45, 2.75) is 19.4 Å². The Morgan fingerprint density at radius 1 is 1.08 bits per heavy atom. The Hall–Kier alpha value is -3.00. The van der Waals surface area contributed by atoms with Gasteiger partial charge in [0.1, 0.15) is 5.75 Å². The standard InChI is InChI=1S/C19H21N3O2/c1-19(2,24-17-11-5-14(13-20)6-12-17)18(23)21-15-7-9-16(10-8-15)22(3)4/h5-12H,1-4H3,(H,21,23). The average molecular weight is 323 g/mol. The summed E-state index contributed by atoms with van der Waals surface area (Å²) in [6.07, 6.45) is 0. The van der Waals surface area contributed by atoms with Crippen LogP contribution < -0.4 is 15.0 Å². The zero-order valence-corrected chi connectivity index (χ0v) is 14.3. The van der Waals surface area contributed by atoms with Gasteiger partial charge in [0.05, 0.1) is 11.6 Å². The molecule has 0 fully saturated rings. The predicted molar refractivity (Wildman–Crippen MR) is 95.3 cm³/mol. The van der Waals surface area contributed by atoms with Gasteiger partial charge in [-0.15, -0.1) is 0 Å². The molecule has 2 rings (SSSR count). The smallest absolute Gasteiger partial charge is 0.267 e. The number of nitrogens with one attached hydrogen (secondary N) is 1. The Bertz CT molecular complexity index is 742. The molecule has 0 aliphatic carbocycles. The van der Waals surface area contributed by atoms with Gasteiger partial charge >= 0.3 is 0 Å². The van der Waals surface area contributed by atoms with Crippen LogP contribution in [0.25, 0.3) is 0 Å². The Labute approximate surface area is 142 Å². The first-order chi connectivity index (χ1) is 11.3. The quantitative estimate of drug-likeness (QED) is 0.915. The minimum Gasteiger partial charge on any atom is -0.478 e. The molecule has 0 atom stereocenters. The van der Waals surface area contributed by atoms with Crippen LogP contribution in [0.5, 0.6) is 5.75 Å². The Morgan fingerprint density at radius 3 is 2.17 bits per heavy atom. The van der Waals surface area contributed by atoms with Crippen molar-refractivity contribution >= 4 is 17.3 Å². The third kappa shape index (κ3) is 4.26. The van der Waals surface area contributed by atoms with E-state index in [9.17, 15) is 4.79 Å². The fourth-order valence-electron chi connectivity index (χ4n) is 2.06. The molecule has 0 saturated heterocycles. The van der Waals surface area contributed by atoms with Crippen molar-refractivity contribution in [3.8, 4) is 11.8 Å². The topological polar surface area (TPSA) is 65.4 Å². The summed E-state index contributed by atoms with van der Waals surface area (Å²) in [5.74, 6) is 0.293. The fourth-order valence-corrected chi connectivity index (χ4v) is 2.06. The molecule has 1 amide bonds. The van der Waals surface area contributed by atoms with Gasteiger partial charge in [-0.25, -0.2) is 0 Å². The predicted octanol–water partition coefficient (Wildman–Crippen LogP) is 3.42. The fraction of sp³-hybridized carbons (Fsp3) is 0.263. The second kappa shape index (κ2) is 7.05. The number of hydrogen-bond donors (Lipinski definition) is 1. The molecule has 1 N–H and O–H groups in total. The van der Waals surface area contributed by atoms with Gasteiger partial charge in [-0.05, 0) is 62.4 Å². The maximum absolute atomic E-state index is 12.5. The van der Waals surface area contributed by atoms with Crippen LogP contribution in [0.1, 0.15) is 19.4 Å². The Morgan fingerprint density at radius 2 is 1.67 bits per heavy atom. The van der Waals surface area contributed by atoms with E-state index in [0.29, 0.717) is 17.0 Å². The lowest BCUT2D eigenvalue weighted by Crippen LogP contribution is -2.42. The number of rotatable bonds is 5. The number of amides is 1. The highest BCUT2D eigenvalue weighted by atomic mass is 16.5. The van der Waals surface area contributed by atoms with E-state index in [4.69, 9.17) is 10.00 Å². The van der Waals surface area contributed by atoms with Crippen molar-refractivity contribution in [3.63, 3.8) is 0 Å². The van der Waals surface area contributed by atoms with Crippen molar-refractivity contribution in [2.24, 2.45) is 0 Å². The van der Waals surface area contributed by atoms with Gasteiger partial charge in [-0.3, -0.25) is 4.79 Å². The number of carbonyl (C=O) groups excluding carboxylic acids is 1. The molecule has 0 heterocycles. The molecule has 0 unspecified atom stereocenters. The van der Waals surface area contributed by atoms with Gasteiger partial charge in [0, 0.05) is 25.5 Å². The number of hydrogen-bond acceptors (Lipinski definition) is 4. The summed E-state index contributed by atoms with van der Waals surface area (Å²) in [4.78, 5) is 14.5. The number of benzene rings is 2. The van der Waals surface area contributed by atoms with Crippen molar-refractivity contribution < 1.29 is 9.53 Å². The maximum atomic E-state index is 12.5. The largest absolute Gasteiger partial charge is 0.478 e. The average Bonchev–Trinajstić information content (AvgIpc) is 2.55. The van der Waals surface area contributed by atoms with Crippen molar-refractivity contribution in [1.29, 1.82) is 5.26 Å². The number of nitrogens with zero attached hydrogens (tertiary/aromatic N) is 2. The molecular formula is C19H21N3O2. The molecule has 0 aromatic heterocycles. The molecule has 0 spiro atoms. The second-order valence-corrected chi connectivity index (χ2v) is 6.14. The highest BCUT2D eigenvalue weighted by Gasteiger charge is 2.30. The lowest BCUT2D eigenvalue weighted by molar-refractivity contribution is -0.128. The zero-order valence-electron chi connectivity index (χ0n) is 14.3. The molecule has 0 saturated carbocycles. The number of anilines is 2. The molecule has 5 nitrogen and oxygen atoms in total. The number of nitriles is 1.